The molecule has 1 aromatic carbocycles. The van der Waals surface area contributed by atoms with Crippen LogP contribution in [-0.4, -0.2) is 16.5 Å². The van der Waals surface area contributed by atoms with Crippen molar-refractivity contribution in [1.29, 1.82) is 5.26 Å². The Morgan fingerprint density at radius 1 is 1.16 bits per heavy atom. The van der Waals surface area contributed by atoms with Gasteiger partial charge in [-0.1, -0.05) is 17.7 Å². The highest BCUT2D eigenvalue weighted by Gasteiger charge is 2.11. The molecule has 0 saturated carbocycles. The summed E-state index contributed by atoms with van der Waals surface area (Å²) in [6, 6.07) is 11.9. The van der Waals surface area contributed by atoms with Crippen LogP contribution in [0.3, 0.4) is 0 Å². The third kappa shape index (κ3) is 2.89. The van der Waals surface area contributed by atoms with Crippen molar-refractivity contribution in [2.45, 2.75) is 20.8 Å². The summed E-state index contributed by atoms with van der Waals surface area (Å²) < 4.78 is 0. The van der Waals surface area contributed by atoms with Crippen molar-refractivity contribution in [3.8, 4) is 6.07 Å². The Morgan fingerprint density at radius 3 is 2.42 bits per heavy atom. The van der Waals surface area contributed by atoms with E-state index in [0.717, 1.165) is 17.9 Å². The van der Waals surface area contributed by atoms with Crippen LogP contribution in [0.2, 0.25) is 0 Å². The molecular weight excluding hydrogens is 236 g/mol. The van der Waals surface area contributed by atoms with Gasteiger partial charge in [-0.05, 0) is 39.0 Å². The van der Waals surface area contributed by atoms with Gasteiger partial charge in [0.05, 0.1) is 0 Å². The van der Waals surface area contributed by atoms with Crippen LogP contribution in [0.4, 0.5) is 11.6 Å². The lowest BCUT2D eigenvalue weighted by Gasteiger charge is -2.21. The molecule has 0 atom stereocenters. The molecule has 0 spiro atoms. The molecular formula is C15H16N4. The largest absolute Gasteiger partial charge is 0.311 e. The number of nitriles is 1. The molecule has 4 heteroatoms. The van der Waals surface area contributed by atoms with Crippen molar-refractivity contribution in [2.75, 3.05) is 11.4 Å². The predicted octanol–water partition coefficient (Wildman–Crippen LogP) is 3.12. The average molecular weight is 252 g/mol. The highest BCUT2D eigenvalue weighted by Crippen LogP contribution is 2.22. The van der Waals surface area contributed by atoms with Gasteiger partial charge >= 0.3 is 0 Å². The Bertz CT molecular complexity index is 611. The van der Waals surface area contributed by atoms with Crippen molar-refractivity contribution in [1.82, 2.24) is 9.97 Å². The van der Waals surface area contributed by atoms with Gasteiger partial charge in [0, 0.05) is 17.9 Å². The van der Waals surface area contributed by atoms with Gasteiger partial charge in [0.2, 0.25) is 5.95 Å². The van der Waals surface area contributed by atoms with Crippen molar-refractivity contribution in [3.05, 3.63) is 47.3 Å². The number of hydrogen-bond donors (Lipinski definition) is 0. The second-order valence-corrected chi connectivity index (χ2v) is 4.39. The van der Waals surface area contributed by atoms with E-state index in [2.05, 4.69) is 35.1 Å². The van der Waals surface area contributed by atoms with Gasteiger partial charge < -0.3 is 4.90 Å². The van der Waals surface area contributed by atoms with Gasteiger partial charge in [0.25, 0.3) is 0 Å². The van der Waals surface area contributed by atoms with Crippen LogP contribution in [0, 0.1) is 25.2 Å². The first-order valence-corrected chi connectivity index (χ1v) is 6.24. The van der Waals surface area contributed by atoms with E-state index in [1.165, 1.54) is 5.56 Å². The van der Waals surface area contributed by atoms with E-state index in [-0.39, 0.29) is 0 Å². The van der Waals surface area contributed by atoms with Crippen LogP contribution >= 0.6 is 0 Å². The molecule has 0 aliphatic carbocycles. The summed E-state index contributed by atoms with van der Waals surface area (Å²) in [7, 11) is 0. The highest BCUT2D eigenvalue weighted by molar-refractivity contribution is 5.58. The summed E-state index contributed by atoms with van der Waals surface area (Å²) in [6.07, 6.45) is 0. The Hall–Kier alpha value is -2.41. The number of aryl methyl sites for hydroxylation is 2. The molecule has 0 aliphatic heterocycles. The summed E-state index contributed by atoms with van der Waals surface area (Å²) in [4.78, 5) is 10.7. The van der Waals surface area contributed by atoms with Crippen molar-refractivity contribution in [3.63, 3.8) is 0 Å². The maximum Gasteiger partial charge on any atom is 0.231 e. The lowest BCUT2D eigenvalue weighted by Crippen LogP contribution is -2.19. The van der Waals surface area contributed by atoms with E-state index in [1.54, 1.807) is 6.07 Å². The summed E-state index contributed by atoms with van der Waals surface area (Å²) >= 11 is 0. The number of aromatic nitrogens is 2. The monoisotopic (exact) mass is 252 g/mol. The third-order valence-electron chi connectivity index (χ3n) is 2.86. The molecule has 0 N–H and O–H groups in total. The van der Waals surface area contributed by atoms with E-state index in [4.69, 9.17) is 5.26 Å². The van der Waals surface area contributed by atoms with E-state index < -0.39 is 0 Å². The minimum Gasteiger partial charge on any atom is -0.311 e. The van der Waals surface area contributed by atoms with Gasteiger partial charge in [-0.2, -0.15) is 5.26 Å². The molecule has 1 heterocycles. The molecule has 0 amide bonds. The third-order valence-corrected chi connectivity index (χ3v) is 2.86. The minimum atomic E-state index is 0.396. The van der Waals surface area contributed by atoms with E-state index in [0.29, 0.717) is 11.6 Å². The van der Waals surface area contributed by atoms with E-state index in [9.17, 15) is 0 Å². The second kappa shape index (κ2) is 5.49. The van der Waals surface area contributed by atoms with Crippen molar-refractivity contribution in [2.24, 2.45) is 0 Å². The molecule has 4 nitrogen and oxygen atoms in total. The maximum atomic E-state index is 8.99. The SMILES string of the molecule is CCN(c1ccc(C)cc1)c1nc(C)cc(C#N)n1. The van der Waals surface area contributed by atoms with Crippen molar-refractivity contribution < 1.29 is 0 Å². The van der Waals surface area contributed by atoms with Crippen LogP contribution in [0.1, 0.15) is 23.9 Å². The molecule has 0 unspecified atom stereocenters. The fourth-order valence-corrected chi connectivity index (χ4v) is 1.90. The Morgan fingerprint density at radius 2 is 1.84 bits per heavy atom. The fraction of sp³-hybridized carbons (Fsp3) is 0.267. The molecule has 0 aliphatic rings. The zero-order valence-electron chi connectivity index (χ0n) is 11.4. The van der Waals surface area contributed by atoms with Gasteiger partial charge in [-0.15, -0.1) is 0 Å². The predicted molar refractivity (Wildman–Crippen MR) is 75.3 cm³/mol. The van der Waals surface area contributed by atoms with Gasteiger partial charge in [0.1, 0.15) is 11.8 Å². The zero-order valence-corrected chi connectivity index (χ0v) is 11.4. The molecule has 19 heavy (non-hydrogen) atoms. The number of rotatable bonds is 3. The standard InChI is InChI=1S/C15H16N4/c1-4-19(14-7-5-11(2)6-8-14)15-17-12(3)9-13(10-16)18-15/h5-9H,4H2,1-3H3. The second-order valence-electron chi connectivity index (χ2n) is 4.39. The Labute approximate surface area is 113 Å². The molecule has 0 fully saturated rings. The quantitative estimate of drug-likeness (QED) is 0.842. The average Bonchev–Trinajstić information content (AvgIpc) is 2.41. The van der Waals surface area contributed by atoms with E-state index in [1.807, 2.05) is 30.9 Å². The number of benzene rings is 1. The molecule has 0 saturated heterocycles. The lowest BCUT2D eigenvalue weighted by atomic mass is 10.2. The van der Waals surface area contributed by atoms with Gasteiger partial charge in [-0.3, -0.25) is 0 Å². The van der Waals surface area contributed by atoms with Gasteiger partial charge in [-0.25, -0.2) is 9.97 Å². The smallest absolute Gasteiger partial charge is 0.231 e. The summed E-state index contributed by atoms with van der Waals surface area (Å²) in [5, 5.41) is 8.99. The molecule has 0 bridgehead atoms. The molecule has 96 valence electrons. The normalized spacial score (nSPS) is 10.0. The zero-order chi connectivity index (χ0) is 13.8. The fourth-order valence-electron chi connectivity index (χ4n) is 1.90. The lowest BCUT2D eigenvalue weighted by molar-refractivity contribution is 0.928. The molecule has 1 aromatic heterocycles. The summed E-state index contributed by atoms with van der Waals surface area (Å²) in [5.41, 5.74) is 3.44. The topological polar surface area (TPSA) is 52.8 Å². The molecule has 0 radical (unpaired) electrons. The maximum absolute atomic E-state index is 8.99. The first-order chi connectivity index (χ1) is 9.13. The minimum absolute atomic E-state index is 0.396. The van der Waals surface area contributed by atoms with E-state index >= 15 is 0 Å². The first-order valence-electron chi connectivity index (χ1n) is 6.24. The number of hydrogen-bond acceptors (Lipinski definition) is 4. The van der Waals surface area contributed by atoms with Crippen LogP contribution in [0.25, 0.3) is 0 Å². The van der Waals surface area contributed by atoms with Crippen LogP contribution in [0.15, 0.2) is 30.3 Å². The van der Waals surface area contributed by atoms with Crippen molar-refractivity contribution >= 4 is 11.6 Å². The molecule has 2 rings (SSSR count). The Balaban J connectivity index is 2.45. The first kappa shape index (κ1) is 13.0. The van der Waals surface area contributed by atoms with Crippen LogP contribution in [-0.2, 0) is 0 Å². The van der Waals surface area contributed by atoms with Crippen LogP contribution in [0.5, 0.6) is 0 Å². The number of nitrogens with zero attached hydrogens (tertiary/aromatic N) is 4. The van der Waals surface area contributed by atoms with Gasteiger partial charge in [0.15, 0.2) is 0 Å². The highest BCUT2D eigenvalue weighted by atomic mass is 15.2. The molecule has 2 aromatic rings. The Kier molecular flexibility index (Phi) is 3.76. The summed E-state index contributed by atoms with van der Waals surface area (Å²) in [6.45, 7) is 6.71. The van der Waals surface area contributed by atoms with Crippen LogP contribution < -0.4 is 4.90 Å². The summed E-state index contributed by atoms with van der Waals surface area (Å²) in [5.74, 6) is 0.572. The number of anilines is 2.